The molecule has 0 amide bonds. The molecule has 0 radical (unpaired) electrons. The van der Waals surface area contributed by atoms with Crippen LogP contribution in [0.5, 0.6) is 0 Å². The van der Waals surface area contributed by atoms with E-state index in [0.717, 1.165) is 0 Å². The Morgan fingerprint density at radius 2 is 1.56 bits per heavy atom. The third-order valence-electron chi connectivity index (χ3n) is 0.859. The van der Waals surface area contributed by atoms with Crippen LogP contribution < -0.4 is 0 Å². The molecule has 0 aliphatic heterocycles. The second-order valence-corrected chi connectivity index (χ2v) is 7.44. The Hall–Kier alpha value is 1.83. The zero-order valence-electron chi connectivity index (χ0n) is 4.60. The molecule has 0 heterocycles. The van der Waals surface area contributed by atoms with Crippen molar-refractivity contribution in [1.82, 2.24) is 0 Å². The van der Waals surface area contributed by atoms with Crippen LogP contribution in [0.1, 0.15) is 13.3 Å². The fourth-order valence-corrected chi connectivity index (χ4v) is 0.748. The average Bonchev–Trinajstić information content (AvgIpc) is 1.64. The summed E-state index contributed by atoms with van der Waals surface area (Å²) in [4.78, 5) is 0. The first-order valence-corrected chi connectivity index (χ1v) is 4.98. The molecular formula is C4H5Br2Cl3. The van der Waals surface area contributed by atoms with Gasteiger partial charge >= 0.3 is 0 Å². The van der Waals surface area contributed by atoms with Crippen molar-refractivity contribution < 1.29 is 0 Å². The maximum atomic E-state index is 5.80. The van der Waals surface area contributed by atoms with E-state index in [1.54, 1.807) is 0 Å². The smallest absolute Gasteiger partial charge is 0.102 e. The van der Waals surface area contributed by atoms with Crippen molar-refractivity contribution in [2.75, 3.05) is 0 Å². The topological polar surface area (TPSA) is 0 Å². The van der Waals surface area contributed by atoms with Gasteiger partial charge in [-0.3, -0.25) is 0 Å². The SMILES string of the molecule is CCC(Cl)(Br)C(Cl)(Cl)Br. The minimum absolute atomic E-state index is 0.632. The highest BCUT2D eigenvalue weighted by Crippen LogP contribution is 2.50. The molecule has 0 aromatic carbocycles. The fourth-order valence-electron chi connectivity index (χ4n) is 0.200. The van der Waals surface area contributed by atoms with E-state index in [-0.39, 0.29) is 0 Å². The summed E-state index contributed by atoms with van der Waals surface area (Å²) in [5.74, 6) is 0. The number of hydrogen-bond acceptors (Lipinski definition) is 0. The van der Waals surface area contributed by atoms with Gasteiger partial charge in [0.15, 0.2) is 0 Å². The predicted octanol–water partition coefficient (Wildman–Crippen LogP) is 4.25. The van der Waals surface area contributed by atoms with Gasteiger partial charge in [0.05, 0.1) is 0 Å². The molecule has 0 N–H and O–H groups in total. The molecule has 0 saturated heterocycles. The van der Waals surface area contributed by atoms with E-state index in [1.807, 2.05) is 6.92 Å². The van der Waals surface area contributed by atoms with Crippen LogP contribution in [0, 0.1) is 0 Å². The average molecular weight is 319 g/mol. The largest absolute Gasteiger partial charge is 0.200 e. The zero-order valence-corrected chi connectivity index (χ0v) is 10.0. The Morgan fingerprint density at radius 3 is 1.56 bits per heavy atom. The van der Waals surface area contributed by atoms with Crippen LogP contribution in [0.3, 0.4) is 0 Å². The fraction of sp³-hybridized carbons (Fsp3) is 1.00. The zero-order chi connectivity index (χ0) is 7.71. The highest BCUT2D eigenvalue weighted by atomic mass is 79.9. The van der Waals surface area contributed by atoms with Crippen molar-refractivity contribution in [3.8, 4) is 0 Å². The van der Waals surface area contributed by atoms with Gasteiger partial charge in [-0.05, 0) is 22.4 Å². The molecule has 5 heteroatoms. The molecule has 1 unspecified atom stereocenters. The molecule has 0 saturated carbocycles. The molecule has 0 fully saturated rings. The second kappa shape index (κ2) is 3.48. The maximum Gasteiger partial charge on any atom is 0.200 e. The monoisotopic (exact) mass is 316 g/mol. The standard InChI is InChI=1S/C4H5Br2Cl3/c1-2-3(5,7)4(6,8)9/h2H2,1H3. The molecule has 0 bridgehead atoms. The van der Waals surface area contributed by atoms with Gasteiger partial charge in [0, 0.05) is 0 Å². The van der Waals surface area contributed by atoms with Gasteiger partial charge in [-0.1, -0.05) is 46.1 Å². The van der Waals surface area contributed by atoms with Gasteiger partial charge in [0.1, 0.15) is 3.78 Å². The highest BCUT2D eigenvalue weighted by Gasteiger charge is 2.42. The van der Waals surface area contributed by atoms with Crippen molar-refractivity contribution in [3.63, 3.8) is 0 Å². The van der Waals surface area contributed by atoms with Crippen LogP contribution in [-0.2, 0) is 0 Å². The first-order valence-electron chi connectivity index (χ1n) is 2.26. The van der Waals surface area contributed by atoms with Gasteiger partial charge in [0.25, 0.3) is 0 Å². The van der Waals surface area contributed by atoms with E-state index >= 15 is 0 Å². The summed E-state index contributed by atoms with van der Waals surface area (Å²) in [6, 6.07) is 0. The second-order valence-electron chi connectivity index (χ2n) is 1.56. The summed E-state index contributed by atoms with van der Waals surface area (Å²) in [7, 11) is 0. The van der Waals surface area contributed by atoms with Crippen LogP contribution >= 0.6 is 66.7 Å². The van der Waals surface area contributed by atoms with Crippen molar-refractivity contribution in [1.29, 1.82) is 0 Å². The Labute approximate surface area is 86.5 Å². The van der Waals surface area contributed by atoms with Crippen LogP contribution in [0.25, 0.3) is 0 Å². The van der Waals surface area contributed by atoms with Crippen molar-refractivity contribution in [2.45, 2.75) is 20.4 Å². The van der Waals surface area contributed by atoms with Crippen LogP contribution in [0.2, 0.25) is 0 Å². The van der Waals surface area contributed by atoms with Crippen molar-refractivity contribution >= 4 is 66.7 Å². The van der Waals surface area contributed by atoms with E-state index in [4.69, 9.17) is 34.8 Å². The summed E-state index contributed by atoms with van der Waals surface area (Å²) in [5.41, 5.74) is 0. The minimum Gasteiger partial charge on any atom is -0.102 e. The molecule has 9 heavy (non-hydrogen) atoms. The molecule has 0 aromatic heterocycles. The van der Waals surface area contributed by atoms with E-state index in [2.05, 4.69) is 31.9 Å². The Morgan fingerprint density at radius 1 is 1.22 bits per heavy atom. The van der Waals surface area contributed by atoms with E-state index in [0.29, 0.717) is 6.42 Å². The summed E-state index contributed by atoms with van der Waals surface area (Å²) < 4.78 is -1.90. The number of rotatable bonds is 2. The summed E-state index contributed by atoms with van der Waals surface area (Å²) >= 11 is 23.2. The molecular weight excluding hydrogens is 314 g/mol. The predicted molar refractivity (Wildman–Crippen MR) is 51.2 cm³/mol. The third-order valence-corrected chi connectivity index (χ3v) is 5.30. The number of hydrogen-bond donors (Lipinski definition) is 0. The van der Waals surface area contributed by atoms with Gasteiger partial charge in [-0.15, -0.1) is 11.6 Å². The summed E-state index contributed by atoms with van der Waals surface area (Å²) in [6.45, 7) is 1.88. The number of alkyl halides is 5. The van der Waals surface area contributed by atoms with Gasteiger partial charge in [-0.2, -0.15) is 0 Å². The van der Waals surface area contributed by atoms with Crippen molar-refractivity contribution in [3.05, 3.63) is 0 Å². The highest BCUT2D eigenvalue weighted by molar-refractivity contribution is 9.13. The van der Waals surface area contributed by atoms with Crippen LogP contribution in [0.4, 0.5) is 0 Å². The molecule has 0 nitrogen and oxygen atoms in total. The normalized spacial score (nSPS) is 19.3. The first kappa shape index (κ1) is 10.8. The molecule has 0 aromatic rings. The molecule has 0 aliphatic carbocycles. The summed E-state index contributed by atoms with van der Waals surface area (Å²) in [5, 5.41) is 0. The van der Waals surface area contributed by atoms with Crippen LogP contribution in [-0.4, -0.2) is 7.03 Å². The lowest BCUT2D eigenvalue weighted by Crippen LogP contribution is -2.28. The van der Waals surface area contributed by atoms with Gasteiger partial charge < -0.3 is 0 Å². The molecule has 0 rings (SSSR count). The summed E-state index contributed by atoms with van der Waals surface area (Å²) in [6.07, 6.45) is 0.632. The third kappa shape index (κ3) is 3.15. The molecule has 1 atom stereocenters. The Balaban J connectivity index is 4.14. The lowest BCUT2D eigenvalue weighted by molar-refractivity contribution is 0.803. The Kier molecular flexibility index (Phi) is 4.19. The van der Waals surface area contributed by atoms with Gasteiger partial charge in [0.2, 0.25) is 3.24 Å². The Bertz CT molecular complexity index is 96.5. The van der Waals surface area contributed by atoms with Gasteiger partial charge in [-0.25, -0.2) is 0 Å². The molecule has 0 aliphatic rings. The van der Waals surface area contributed by atoms with E-state index in [1.165, 1.54) is 0 Å². The minimum atomic E-state index is -1.11. The molecule has 0 spiro atoms. The lowest BCUT2D eigenvalue weighted by atomic mass is 10.4. The quantitative estimate of drug-likeness (QED) is 0.668. The maximum absolute atomic E-state index is 5.80. The lowest BCUT2D eigenvalue weighted by Gasteiger charge is -2.26. The molecule has 56 valence electrons. The van der Waals surface area contributed by atoms with Crippen LogP contribution in [0.15, 0.2) is 0 Å². The van der Waals surface area contributed by atoms with Crippen molar-refractivity contribution in [2.24, 2.45) is 0 Å². The first-order chi connectivity index (χ1) is 3.81. The number of halogens is 5. The van der Waals surface area contributed by atoms with E-state index in [9.17, 15) is 0 Å². The van der Waals surface area contributed by atoms with E-state index < -0.39 is 7.03 Å².